The van der Waals surface area contributed by atoms with Crippen molar-refractivity contribution in [2.45, 2.75) is 4.90 Å². The Kier molecular flexibility index (Phi) is 3.20. The summed E-state index contributed by atoms with van der Waals surface area (Å²) in [6.45, 7) is 0. The van der Waals surface area contributed by atoms with E-state index >= 15 is 0 Å². The van der Waals surface area contributed by atoms with Crippen molar-refractivity contribution in [2.24, 2.45) is 0 Å². The maximum absolute atomic E-state index is 13.4. The fraction of sp³-hybridized carbons (Fsp3) is 0. The molecule has 0 aliphatic carbocycles. The fourth-order valence-electron chi connectivity index (χ4n) is 1.42. The SMILES string of the molecule is Nc1ccc(NS(=O)(=O)c2ccccc2F)cc1. The summed E-state index contributed by atoms with van der Waals surface area (Å²) >= 11 is 0. The van der Waals surface area contributed by atoms with Gasteiger partial charge in [0.2, 0.25) is 0 Å². The van der Waals surface area contributed by atoms with E-state index < -0.39 is 15.8 Å². The summed E-state index contributed by atoms with van der Waals surface area (Å²) in [4.78, 5) is -0.387. The number of nitrogens with one attached hydrogen (secondary N) is 1. The number of nitrogens with two attached hydrogens (primary N) is 1. The molecule has 0 bridgehead atoms. The second-order valence-corrected chi connectivity index (χ2v) is 5.31. The van der Waals surface area contributed by atoms with Crippen LogP contribution >= 0.6 is 0 Å². The number of benzene rings is 2. The molecule has 0 spiro atoms. The Hall–Kier alpha value is -2.08. The minimum absolute atomic E-state index is 0.326. The van der Waals surface area contributed by atoms with Gasteiger partial charge in [0, 0.05) is 11.4 Å². The van der Waals surface area contributed by atoms with E-state index in [0.29, 0.717) is 11.4 Å². The van der Waals surface area contributed by atoms with Crippen LogP contribution in [0.15, 0.2) is 53.4 Å². The van der Waals surface area contributed by atoms with Crippen molar-refractivity contribution in [3.8, 4) is 0 Å². The van der Waals surface area contributed by atoms with E-state index in [4.69, 9.17) is 5.73 Å². The lowest BCUT2D eigenvalue weighted by atomic mass is 10.3. The van der Waals surface area contributed by atoms with E-state index in [1.54, 1.807) is 12.1 Å². The van der Waals surface area contributed by atoms with Gasteiger partial charge in [0.05, 0.1) is 0 Å². The molecule has 94 valence electrons. The first-order valence-electron chi connectivity index (χ1n) is 5.12. The molecule has 0 aliphatic heterocycles. The average molecular weight is 266 g/mol. The third kappa shape index (κ3) is 2.60. The molecule has 0 fully saturated rings. The number of halogens is 1. The van der Waals surface area contributed by atoms with Crippen LogP contribution in [0.2, 0.25) is 0 Å². The summed E-state index contributed by atoms with van der Waals surface area (Å²) in [6.07, 6.45) is 0. The lowest BCUT2D eigenvalue weighted by Crippen LogP contribution is -2.14. The number of sulfonamides is 1. The third-order valence-electron chi connectivity index (χ3n) is 2.29. The molecule has 3 N–H and O–H groups in total. The Balaban J connectivity index is 2.33. The van der Waals surface area contributed by atoms with Crippen molar-refractivity contribution in [3.63, 3.8) is 0 Å². The topological polar surface area (TPSA) is 72.2 Å². The lowest BCUT2D eigenvalue weighted by Gasteiger charge is -2.08. The van der Waals surface area contributed by atoms with Gasteiger partial charge in [-0.05, 0) is 36.4 Å². The van der Waals surface area contributed by atoms with Gasteiger partial charge in [-0.1, -0.05) is 12.1 Å². The monoisotopic (exact) mass is 266 g/mol. The zero-order valence-corrected chi connectivity index (χ0v) is 10.1. The molecule has 0 aliphatic rings. The first-order valence-corrected chi connectivity index (χ1v) is 6.60. The van der Waals surface area contributed by atoms with Crippen LogP contribution in [0.5, 0.6) is 0 Å². The second kappa shape index (κ2) is 4.66. The maximum Gasteiger partial charge on any atom is 0.264 e. The molecule has 2 rings (SSSR count). The van der Waals surface area contributed by atoms with Crippen LogP contribution < -0.4 is 10.5 Å². The molecule has 2 aromatic rings. The van der Waals surface area contributed by atoms with Gasteiger partial charge >= 0.3 is 0 Å². The summed E-state index contributed by atoms with van der Waals surface area (Å²) in [6, 6.07) is 11.3. The Bertz CT molecular complexity index is 654. The number of anilines is 2. The highest BCUT2D eigenvalue weighted by Crippen LogP contribution is 2.19. The summed E-state index contributed by atoms with van der Waals surface area (Å²) in [5, 5.41) is 0. The smallest absolute Gasteiger partial charge is 0.264 e. The zero-order valence-electron chi connectivity index (χ0n) is 9.30. The zero-order chi connectivity index (χ0) is 13.2. The van der Waals surface area contributed by atoms with Gasteiger partial charge in [0.25, 0.3) is 10.0 Å². The minimum atomic E-state index is -3.92. The van der Waals surface area contributed by atoms with Gasteiger partial charge in [-0.2, -0.15) is 0 Å². The molecular weight excluding hydrogens is 255 g/mol. The van der Waals surface area contributed by atoms with E-state index in [9.17, 15) is 12.8 Å². The summed E-state index contributed by atoms with van der Waals surface area (Å²) < 4.78 is 39.5. The van der Waals surface area contributed by atoms with E-state index in [0.717, 1.165) is 6.07 Å². The molecule has 0 radical (unpaired) electrons. The number of hydrogen-bond donors (Lipinski definition) is 2. The van der Waals surface area contributed by atoms with Gasteiger partial charge in [0.1, 0.15) is 10.7 Å². The molecule has 0 aromatic heterocycles. The van der Waals surface area contributed by atoms with Crippen LogP contribution in [-0.4, -0.2) is 8.42 Å². The van der Waals surface area contributed by atoms with Gasteiger partial charge in [-0.3, -0.25) is 4.72 Å². The molecule has 0 unspecified atom stereocenters. The van der Waals surface area contributed by atoms with E-state index in [-0.39, 0.29) is 4.90 Å². The van der Waals surface area contributed by atoms with Gasteiger partial charge in [-0.25, -0.2) is 12.8 Å². The quantitative estimate of drug-likeness (QED) is 0.837. The fourth-order valence-corrected chi connectivity index (χ4v) is 2.56. The third-order valence-corrected chi connectivity index (χ3v) is 3.70. The summed E-state index contributed by atoms with van der Waals surface area (Å²) in [5.41, 5.74) is 6.33. The molecule has 0 atom stereocenters. The molecule has 2 aromatic carbocycles. The summed E-state index contributed by atoms with van der Waals surface area (Å²) in [5.74, 6) is -0.791. The van der Waals surface area contributed by atoms with Crippen LogP contribution in [0.25, 0.3) is 0 Å². The Labute approximate surface area is 104 Å². The minimum Gasteiger partial charge on any atom is -0.399 e. The molecule has 4 nitrogen and oxygen atoms in total. The molecule has 0 saturated heterocycles. The van der Waals surface area contributed by atoms with Crippen molar-refractivity contribution in [1.29, 1.82) is 0 Å². The highest BCUT2D eigenvalue weighted by atomic mass is 32.2. The van der Waals surface area contributed by atoms with Crippen molar-refractivity contribution in [2.75, 3.05) is 10.5 Å². The first kappa shape index (κ1) is 12.4. The van der Waals surface area contributed by atoms with Crippen molar-refractivity contribution in [3.05, 3.63) is 54.3 Å². The second-order valence-electron chi connectivity index (χ2n) is 3.66. The summed E-state index contributed by atoms with van der Waals surface area (Å²) in [7, 11) is -3.92. The van der Waals surface area contributed by atoms with Gasteiger partial charge in [0.15, 0.2) is 0 Å². The normalized spacial score (nSPS) is 11.2. The number of nitrogen functional groups attached to an aromatic ring is 1. The first-order chi connectivity index (χ1) is 8.49. The van der Waals surface area contributed by atoms with Crippen molar-refractivity contribution in [1.82, 2.24) is 0 Å². The van der Waals surface area contributed by atoms with E-state index in [1.165, 1.54) is 30.3 Å². The highest BCUT2D eigenvalue weighted by Gasteiger charge is 2.18. The highest BCUT2D eigenvalue weighted by molar-refractivity contribution is 7.92. The number of hydrogen-bond acceptors (Lipinski definition) is 3. The van der Waals surface area contributed by atoms with Crippen molar-refractivity contribution < 1.29 is 12.8 Å². The standard InChI is InChI=1S/C12H11FN2O2S/c13-11-3-1-2-4-12(11)18(16,17)15-10-7-5-9(14)6-8-10/h1-8,15H,14H2. The molecular formula is C12H11FN2O2S. The van der Waals surface area contributed by atoms with Crippen LogP contribution in [0, 0.1) is 5.82 Å². The lowest BCUT2D eigenvalue weighted by molar-refractivity contribution is 0.570. The van der Waals surface area contributed by atoms with Crippen LogP contribution in [0.4, 0.5) is 15.8 Å². The predicted octanol–water partition coefficient (Wildman–Crippen LogP) is 2.21. The van der Waals surface area contributed by atoms with Gasteiger partial charge < -0.3 is 5.73 Å². The largest absolute Gasteiger partial charge is 0.399 e. The van der Waals surface area contributed by atoms with E-state index in [1.807, 2.05) is 0 Å². The molecule has 18 heavy (non-hydrogen) atoms. The Morgan fingerprint density at radius 2 is 1.61 bits per heavy atom. The van der Waals surface area contributed by atoms with Crippen LogP contribution in [0.3, 0.4) is 0 Å². The maximum atomic E-state index is 13.4. The van der Waals surface area contributed by atoms with Gasteiger partial charge in [-0.15, -0.1) is 0 Å². The van der Waals surface area contributed by atoms with E-state index in [2.05, 4.69) is 4.72 Å². The average Bonchev–Trinajstić information content (AvgIpc) is 2.32. The molecule has 6 heteroatoms. The molecule has 0 saturated carbocycles. The Morgan fingerprint density at radius 3 is 2.22 bits per heavy atom. The van der Waals surface area contributed by atoms with Crippen LogP contribution in [0.1, 0.15) is 0 Å². The van der Waals surface area contributed by atoms with Crippen LogP contribution in [-0.2, 0) is 10.0 Å². The predicted molar refractivity (Wildman–Crippen MR) is 68.1 cm³/mol. The Morgan fingerprint density at radius 1 is 1.00 bits per heavy atom. The number of rotatable bonds is 3. The molecule has 0 amide bonds. The van der Waals surface area contributed by atoms with Crippen molar-refractivity contribution >= 4 is 21.4 Å². The molecule has 0 heterocycles.